The first kappa shape index (κ1) is 11.5. The Balaban J connectivity index is 2.33. The lowest BCUT2D eigenvalue weighted by Gasteiger charge is -2.15. The number of aliphatic carboxylic acids is 1. The van der Waals surface area contributed by atoms with E-state index in [4.69, 9.17) is 5.11 Å². The SMILES string of the molecule is CCCCC(NC1CC1(C)C)C(=O)O. The summed E-state index contributed by atoms with van der Waals surface area (Å²) in [6.07, 6.45) is 3.89. The van der Waals surface area contributed by atoms with Gasteiger partial charge in [0.1, 0.15) is 6.04 Å². The Morgan fingerprint density at radius 2 is 2.21 bits per heavy atom. The van der Waals surface area contributed by atoms with Crippen LogP contribution in [-0.4, -0.2) is 23.2 Å². The van der Waals surface area contributed by atoms with Gasteiger partial charge in [-0.2, -0.15) is 0 Å². The van der Waals surface area contributed by atoms with Crippen molar-refractivity contribution in [2.75, 3.05) is 0 Å². The van der Waals surface area contributed by atoms with Crippen LogP contribution in [0.15, 0.2) is 0 Å². The molecule has 1 aliphatic carbocycles. The number of carboxylic acids is 1. The van der Waals surface area contributed by atoms with Crippen molar-refractivity contribution < 1.29 is 9.90 Å². The molecule has 3 nitrogen and oxygen atoms in total. The quantitative estimate of drug-likeness (QED) is 0.688. The minimum absolute atomic E-state index is 0.305. The van der Waals surface area contributed by atoms with Crippen LogP contribution in [-0.2, 0) is 4.79 Å². The second-order valence-electron chi connectivity index (χ2n) is 4.95. The highest BCUT2D eigenvalue weighted by molar-refractivity contribution is 5.73. The van der Waals surface area contributed by atoms with Gasteiger partial charge in [-0.25, -0.2) is 0 Å². The van der Waals surface area contributed by atoms with Crippen LogP contribution >= 0.6 is 0 Å². The molecular weight excluding hydrogens is 178 g/mol. The number of carbonyl (C=O) groups is 1. The maximum absolute atomic E-state index is 10.9. The molecule has 0 aromatic heterocycles. The van der Waals surface area contributed by atoms with Crippen LogP contribution in [0, 0.1) is 5.41 Å². The van der Waals surface area contributed by atoms with E-state index in [1.807, 2.05) is 0 Å². The Bertz CT molecular complexity index is 213. The number of hydrogen-bond acceptors (Lipinski definition) is 2. The minimum Gasteiger partial charge on any atom is -0.480 e. The summed E-state index contributed by atoms with van der Waals surface area (Å²) in [6.45, 7) is 6.42. The molecule has 0 radical (unpaired) electrons. The van der Waals surface area contributed by atoms with E-state index in [0.29, 0.717) is 11.5 Å². The van der Waals surface area contributed by atoms with Crippen LogP contribution in [0.2, 0.25) is 0 Å². The van der Waals surface area contributed by atoms with Gasteiger partial charge in [-0.15, -0.1) is 0 Å². The maximum Gasteiger partial charge on any atom is 0.320 e. The highest BCUT2D eigenvalue weighted by Gasteiger charge is 2.46. The second-order valence-corrected chi connectivity index (χ2v) is 4.95. The summed E-state index contributed by atoms with van der Waals surface area (Å²) in [7, 11) is 0. The van der Waals surface area contributed by atoms with Crippen LogP contribution in [0.4, 0.5) is 0 Å². The van der Waals surface area contributed by atoms with Crippen LogP contribution in [0.25, 0.3) is 0 Å². The third kappa shape index (κ3) is 2.98. The van der Waals surface area contributed by atoms with Gasteiger partial charge >= 0.3 is 5.97 Å². The Morgan fingerprint density at radius 1 is 1.64 bits per heavy atom. The fourth-order valence-electron chi connectivity index (χ4n) is 1.68. The van der Waals surface area contributed by atoms with Crippen molar-refractivity contribution in [1.29, 1.82) is 0 Å². The highest BCUT2D eigenvalue weighted by Crippen LogP contribution is 2.44. The van der Waals surface area contributed by atoms with E-state index in [-0.39, 0.29) is 6.04 Å². The molecule has 0 heterocycles. The van der Waals surface area contributed by atoms with Crippen LogP contribution < -0.4 is 5.32 Å². The molecular formula is C11H21NO2. The number of unbranched alkanes of at least 4 members (excludes halogenated alkanes) is 1. The summed E-state index contributed by atoms with van der Waals surface area (Å²) < 4.78 is 0. The molecule has 0 amide bonds. The standard InChI is InChI=1S/C11H21NO2/c1-4-5-6-8(10(13)14)12-9-7-11(9,2)3/h8-9,12H,4-7H2,1-3H3,(H,13,14). The van der Waals surface area contributed by atoms with Crippen molar-refractivity contribution in [2.45, 2.75) is 58.5 Å². The highest BCUT2D eigenvalue weighted by atomic mass is 16.4. The first-order chi connectivity index (χ1) is 6.47. The van der Waals surface area contributed by atoms with Gasteiger partial charge in [-0.1, -0.05) is 33.6 Å². The van der Waals surface area contributed by atoms with Gasteiger partial charge < -0.3 is 10.4 Å². The van der Waals surface area contributed by atoms with E-state index >= 15 is 0 Å². The van der Waals surface area contributed by atoms with E-state index in [0.717, 1.165) is 25.7 Å². The molecule has 0 spiro atoms. The Kier molecular flexibility index (Phi) is 3.53. The number of hydrogen-bond donors (Lipinski definition) is 2. The van der Waals surface area contributed by atoms with Gasteiger partial charge in [0.05, 0.1) is 0 Å². The third-order valence-electron chi connectivity index (χ3n) is 3.06. The molecule has 2 N–H and O–H groups in total. The molecule has 82 valence electrons. The molecule has 0 saturated heterocycles. The summed E-state index contributed by atoms with van der Waals surface area (Å²) in [5.74, 6) is -0.707. The Hall–Kier alpha value is -0.570. The summed E-state index contributed by atoms with van der Waals surface area (Å²) in [5.41, 5.74) is 0.305. The van der Waals surface area contributed by atoms with Crippen molar-refractivity contribution in [3.63, 3.8) is 0 Å². The fraction of sp³-hybridized carbons (Fsp3) is 0.909. The predicted octanol–water partition coefficient (Wildman–Crippen LogP) is 2.02. The van der Waals surface area contributed by atoms with Gasteiger partial charge in [0, 0.05) is 6.04 Å². The van der Waals surface area contributed by atoms with Gasteiger partial charge in [0.15, 0.2) is 0 Å². The van der Waals surface area contributed by atoms with E-state index in [2.05, 4.69) is 26.1 Å². The summed E-state index contributed by atoms with van der Waals surface area (Å²) in [4.78, 5) is 10.9. The lowest BCUT2D eigenvalue weighted by atomic mass is 10.1. The molecule has 1 saturated carbocycles. The van der Waals surface area contributed by atoms with Gasteiger partial charge in [0.2, 0.25) is 0 Å². The number of carboxylic acid groups (broad SMARTS) is 1. The van der Waals surface area contributed by atoms with Crippen molar-refractivity contribution in [1.82, 2.24) is 5.32 Å². The van der Waals surface area contributed by atoms with Crippen molar-refractivity contribution in [3.05, 3.63) is 0 Å². The van der Waals surface area contributed by atoms with Gasteiger partial charge in [0.25, 0.3) is 0 Å². The molecule has 0 bridgehead atoms. The minimum atomic E-state index is -0.707. The molecule has 0 aromatic rings. The van der Waals surface area contributed by atoms with Crippen LogP contribution in [0.1, 0.15) is 46.5 Å². The van der Waals surface area contributed by atoms with E-state index in [9.17, 15) is 4.79 Å². The molecule has 14 heavy (non-hydrogen) atoms. The topological polar surface area (TPSA) is 49.3 Å². The second kappa shape index (κ2) is 4.30. The van der Waals surface area contributed by atoms with E-state index < -0.39 is 5.97 Å². The lowest BCUT2D eigenvalue weighted by Crippen LogP contribution is -2.39. The Morgan fingerprint density at radius 3 is 2.57 bits per heavy atom. The van der Waals surface area contributed by atoms with Crippen molar-refractivity contribution >= 4 is 5.97 Å². The number of nitrogens with one attached hydrogen (secondary N) is 1. The number of rotatable bonds is 6. The summed E-state index contributed by atoms with van der Waals surface area (Å²) in [6, 6.07) is 0.0576. The third-order valence-corrected chi connectivity index (χ3v) is 3.06. The molecule has 2 unspecified atom stereocenters. The average Bonchev–Trinajstić information content (AvgIpc) is 2.67. The maximum atomic E-state index is 10.9. The van der Waals surface area contributed by atoms with Crippen LogP contribution in [0.3, 0.4) is 0 Å². The smallest absolute Gasteiger partial charge is 0.320 e. The normalized spacial score (nSPS) is 25.8. The van der Waals surface area contributed by atoms with E-state index in [1.54, 1.807) is 0 Å². The summed E-state index contributed by atoms with van der Waals surface area (Å²) >= 11 is 0. The molecule has 1 aliphatic rings. The van der Waals surface area contributed by atoms with Gasteiger partial charge in [-0.3, -0.25) is 4.79 Å². The summed E-state index contributed by atoms with van der Waals surface area (Å²) in [5, 5.41) is 12.2. The zero-order chi connectivity index (χ0) is 10.8. The van der Waals surface area contributed by atoms with Crippen molar-refractivity contribution in [2.24, 2.45) is 5.41 Å². The molecule has 1 fully saturated rings. The predicted molar refractivity (Wildman–Crippen MR) is 56.3 cm³/mol. The van der Waals surface area contributed by atoms with Gasteiger partial charge in [-0.05, 0) is 18.3 Å². The van der Waals surface area contributed by atoms with Crippen molar-refractivity contribution in [3.8, 4) is 0 Å². The zero-order valence-electron chi connectivity index (χ0n) is 9.34. The molecule has 2 atom stereocenters. The lowest BCUT2D eigenvalue weighted by molar-refractivity contribution is -0.139. The zero-order valence-corrected chi connectivity index (χ0v) is 9.34. The fourth-order valence-corrected chi connectivity index (χ4v) is 1.68. The average molecular weight is 199 g/mol. The molecule has 3 heteroatoms. The monoisotopic (exact) mass is 199 g/mol. The first-order valence-corrected chi connectivity index (χ1v) is 5.46. The first-order valence-electron chi connectivity index (χ1n) is 5.46. The van der Waals surface area contributed by atoms with Crippen LogP contribution in [0.5, 0.6) is 0 Å². The van der Waals surface area contributed by atoms with E-state index in [1.165, 1.54) is 0 Å². The largest absolute Gasteiger partial charge is 0.480 e. The Labute approximate surface area is 85.9 Å². The molecule has 0 aromatic carbocycles. The molecule has 0 aliphatic heterocycles. The molecule has 1 rings (SSSR count).